The van der Waals surface area contributed by atoms with E-state index in [1.807, 2.05) is 12.1 Å². The monoisotopic (exact) mass is 167 g/mol. The molecule has 0 aromatic heterocycles. The third kappa shape index (κ3) is 1.48. The summed E-state index contributed by atoms with van der Waals surface area (Å²) in [4.78, 5) is 0. The van der Waals surface area contributed by atoms with E-state index in [-0.39, 0.29) is 0 Å². The number of hydrogen-bond acceptors (Lipinski definition) is 0. The van der Waals surface area contributed by atoms with Gasteiger partial charge in [0, 0.05) is 0 Å². The molecular formula is C13H11. The van der Waals surface area contributed by atoms with E-state index in [1.54, 1.807) is 0 Å². The molecule has 0 aliphatic heterocycles. The molecule has 0 N–H and O–H groups in total. The molecule has 2 rings (SSSR count). The highest BCUT2D eigenvalue weighted by Crippen LogP contribution is 2.17. The fourth-order valence-electron chi connectivity index (χ4n) is 1.44. The Bertz CT molecular complexity index is 453. The van der Waals surface area contributed by atoms with E-state index in [2.05, 4.69) is 43.8 Å². The van der Waals surface area contributed by atoms with Crippen LogP contribution in [0.3, 0.4) is 0 Å². The van der Waals surface area contributed by atoms with Gasteiger partial charge in [0.15, 0.2) is 0 Å². The zero-order valence-corrected chi connectivity index (χ0v) is 7.46. The summed E-state index contributed by atoms with van der Waals surface area (Å²) >= 11 is 0. The van der Waals surface area contributed by atoms with Gasteiger partial charge in [-0.15, -0.1) is 0 Å². The van der Waals surface area contributed by atoms with Crippen molar-refractivity contribution >= 4 is 16.8 Å². The van der Waals surface area contributed by atoms with Gasteiger partial charge in [0.25, 0.3) is 0 Å². The number of hydrogen-bond donors (Lipinski definition) is 0. The lowest BCUT2D eigenvalue weighted by Gasteiger charge is -2.00. The van der Waals surface area contributed by atoms with E-state index in [0.29, 0.717) is 0 Å². The predicted octanol–water partition coefficient (Wildman–Crippen LogP) is 3.66. The Morgan fingerprint density at radius 2 is 1.62 bits per heavy atom. The number of benzene rings is 2. The summed E-state index contributed by atoms with van der Waals surface area (Å²) in [6, 6.07) is 12.5. The van der Waals surface area contributed by atoms with Gasteiger partial charge >= 0.3 is 0 Å². The molecule has 0 saturated carbocycles. The van der Waals surface area contributed by atoms with Crippen LogP contribution >= 0.6 is 0 Å². The average molecular weight is 167 g/mol. The van der Waals surface area contributed by atoms with Gasteiger partial charge in [0.1, 0.15) is 0 Å². The minimum absolute atomic E-state index is 1.05. The third-order valence-corrected chi connectivity index (χ3v) is 2.16. The van der Waals surface area contributed by atoms with Gasteiger partial charge in [-0.25, -0.2) is 0 Å². The van der Waals surface area contributed by atoms with Gasteiger partial charge in [-0.05, 0) is 34.9 Å². The molecule has 0 bridgehead atoms. The molecule has 0 aliphatic rings. The Kier molecular flexibility index (Phi) is 1.90. The normalized spacial score (nSPS) is 10.2. The van der Waals surface area contributed by atoms with E-state index in [0.717, 1.165) is 11.1 Å². The molecule has 0 heteroatoms. The zero-order chi connectivity index (χ0) is 9.26. The molecule has 0 unspecified atom stereocenters. The Hall–Kier alpha value is -1.56. The molecule has 2 aromatic carbocycles. The molecule has 0 fully saturated rings. The van der Waals surface area contributed by atoms with Crippen LogP contribution in [0.4, 0.5) is 0 Å². The van der Waals surface area contributed by atoms with Crippen molar-refractivity contribution in [2.24, 2.45) is 0 Å². The fourth-order valence-corrected chi connectivity index (χ4v) is 1.44. The first-order chi connectivity index (χ1) is 6.29. The van der Waals surface area contributed by atoms with Gasteiger partial charge in [-0.1, -0.05) is 43.0 Å². The van der Waals surface area contributed by atoms with Crippen LogP contribution in [-0.2, 0) is 0 Å². The molecule has 0 saturated heterocycles. The second-order valence-electron chi connectivity index (χ2n) is 3.15. The van der Waals surface area contributed by atoms with Crippen LogP contribution in [0.5, 0.6) is 0 Å². The molecule has 0 spiro atoms. The maximum Gasteiger partial charge on any atom is -0.0178 e. The van der Waals surface area contributed by atoms with Crippen LogP contribution in [0.2, 0.25) is 0 Å². The smallest absolute Gasteiger partial charge is 0.0178 e. The Morgan fingerprint density at radius 1 is 0.923 bits per heavy atom. The van der Waals surface area contributed by atoms with Crippen LogP contribution in [-0.4, -0.2) is 0 Å². The highest BCUT2D eigenvalue weighted by molar-refractivity contribution is 5.85. The quantitative estimate of drug-likeness (QED) is 0.608. The van der Waals surface area contributed by atoms with E-state index >= 15 is 0 Å². The summed E-state index contributed by atoms with van der Waals surface area (Å²) in [5, 5.41) is 2.47. The second-order valence-corrected chi connectivity index (χ2v) is 3.15. The predicted molar refractivity (Wildman–Crippen MR) is 58.5 cm³/mol. The summed E-state index contributed by atoms with van der Waals surface area (Å²) in [7, 11) is 0. The van der Waals surface area contributed by atoms with E-state index < -0.39 is 0 Å². The lowest BCUT2D eigenvalue weighted by atomic mass is 10.1. The van der Waals surface area contributed by atoms with Crippen LogP contribution in [0.15, 0.2) is 43.0 Å². The van der Waals surface area contributed by atoms with Crippen LogP contribution in [0, 0.1) is 6.92 Å². The van der Waals surface area contributed by atoms with Crippen LogP contribution in [0.1, 0.15) is 11.1 Å². The maximum absolute atomic E-state index is 3.89. The van der Waals surface area contributed by atoms with Crippen molar-refractivity contribution in [2.45, 2.75) is 0 Å². The molecule has 0 aliphatic carbocycles. The van der Waals surface area contributed by atoms with Gasteiger partial charge in [0.05, 0.1) is 0 Å². The average Bonchev–Trinajstić information content (AvgIpc) is 2.17. The van der Waals surface area contributed by atoms with E-state index in [4.69, 9.17) is 0 Å². The minimum atomic E-state index is 1.05. The first-order valence-electron chi connectivity index (χ1n) is 4.28. The Balaban J connectivity index is 2.73. The summed E-state index contributed by atoms with van der Waals surface area (Å²) in [6.45, 7) is 7.64. The van der Waals surface area contributed by atoms with Crippen molar-refractivity contribution < 1.29 is 0 Å². The SMILES string of the molecule is [CH2]c1ccc2cc(C=C)ccc2c1. The fraction of sp³-hybridized carbons (Fsp3) is 0. The van der Waals surface area contributed by atoms with Crippen LogP contribution < -0.4 is 0 Å². The first-order valence-corrected chi connectivity index (χ1v) is 4.28. The second kappa shape index (κ2) is 3.06. The molecule has 2 aromatic rings. The molecule has 0 nitrogen and oxygen atoms in total. The van der Waals surface area contributed by atoms with Crippen molar-refractivity contribution in [3.8, 4) is 0 Å². The van der Waals surface area contributed by atoms with E-state index in [9.17, 15) is 0 Å². The molecule has 63 valence electrons. The first kappa shape index (κ1) is 8.06. The van der Waals surface area contributed by atoms with Crippen molar-refractivity contribution in [1.82, 2.24) is 0 Å². The topological polar surface area (TPSA) is 0 Å². The van der Waals surface area contributed by atoms with Gasteiger partial charge < -0.3 is 0 Å². The zero-order valence-electron chi connectivity index (χ0n) is 7.46. The van der Waals surface area contributed by atoms with Crippen molar-refractivity contribution in [3.05, 3.63) is 61.0 Å². The van der Waals surface area contributed by atoms with Crippen LogP contribution in [0.25, 0.3) is 16.8 Å². The lowest BCUT2D eigenvalue weighted by Crippen LogP contribution is -1.76. The standard InChI is InChI=1S/C13H11/c1-3-11-5-7-12-8-10(2)4-6-13(12)9-11/h3-9H,1-2H2. The third-order valence-electron chi connectivity index (χ3n) is 2.16. The minimum Gasteiger partial charge on any atom is -0.0985 e. The summed E-state index contributed by atoms with van der Waals surface area (Å²) in [5.74, 6) is 0. The molecule has 0 atom stereocenters. The molecule has 13 heavy (non-hydrogen) atoms. The van der Waals surface area contributed by atoms with Crippen molar-refractivity contribution in [2.75, 3.05) is 0 Å². The summed E-state index contributed by atoms with van der Waals surface area (Å²) in [6.07, 6.45) is 1.86. The Morgan fingerprint density at radius 3 is 2.38 bits per heavy atom. The summed E-state index contributed by atoms with van der Waals surface area (Å²) < 4.78 is 0. The highest BCUT2D eigenvalue weighted by Gasteiger charge is 1.93. The van der Waals surface area contributed by atoms with Gasteiger partial charge in [-0.3, -0.25) is 0 Å². The molecule has 1 radical (unpaired) electrons. The largest absolute Gasteiger partial charge is 0.0985 e. The van der Waals surface area contributed by atoms with Crippen molar-refractivity contribution in [3.63, 3.8) is 0 Å². The number of rotatable bonds is 1. The van der Waals surface area contributed by atoms with E-state index in [1.165, 1.54) is 10.8 Å². The van der Waals surface area contributed by atoms with Gasteiger partial charge in [-0.2, -0.15) is 0 Å². The highest BCUT2D eigenvalue weighted by atomic mass is 14.0. The lowest BCUT2D eigenvalue weighted by molar-refractivity contribution is 1.65. The number of fused-ring (bicyclic) bond motifs is 1. The van der Waals surface area contributed by atoms with Gasteiger partial charge in [0.2, 0.25) is 0 Å². The maximum atomic E-state index is 3.89. The summed E-state index contributed by atoms with van der Waals surface area (Å²) in [5.41, 5.74) is 2.21. The molecular weight excluding hydrogens is 156 g/mol. The molecule has 0 heterocycles. The van der Waals surface area contributed by atoms with Crippen molar-refractivity contribution in [1.29, 1.82) is 0 Å². The Labute approximate surface area is 78.5 Å². The molecule has 0 amide bonds.